The zero-order valence-electron chi connectivity index (χ0n) is 17.1. The van der Waals surface area contributed by atoms with Gasteiger partial charge in [0.15, 0.2) is 17.2 Å². The molecule has 8 heteroatoms. The molecule has 3 atom stereocenters. The van der Waals surface area contributed by atoms with E-state index in [0.29, 0.717) is 6.42 Å². The highest BCUT2D eigenvalue weighted by Gasteiger charge is 2.30. The molecule has 0 saturated heterocycles. The van der Waals surface area contributed by atoms with Gasteiger partial charge in [-0.1, -0.05) is 13.0 Å². The number of hydrogen-bond acceptors (Lipinski definition) is 6. The van der Waals surface area contributed by atoms with E-state index in [1.807, 2.05) is 6.92 Å². The maximum atomic E-state index is 13.5. The molecule has 0 spiro atoms. The number of ether oxygens (including phenoxy) is 2. The number of methoxy groups -OCH3 is 1. The van der Waals surface area contributed by atoms with Crippen molar-refractivity contribution in [1.82, 2.24) is 10.3 Å². The van der Waals surface area contributed by atoms with Crippen molar-refractivity contribution in [3.8, 4) is 11.5 Å². The summed E-state index contributed by atoms with van der Waals surface area (Å²) in [4.78, 5) is 28.9. The summed E-state index contributed by atoms with van der Waals surface area (Å²) >= 11 is 0. The Balaban J connectivity index is 1.67. The number of nitrogens with zero attached hydrogens (tertiary/aromatic N) is 1. The van der Waals surface area contributed by atoms with Crippen molar-refractivity contribution < 1.29 is 28.6 Å². The summed E-state index contributed by atoms with van der Waals surface area (Å²) in [6.45, 7) is 3.45. The summed E-state index contributed by atoms with van der Waals surface area (Å²) in [6.07, 6.45) is 3.07. The quantitative estimate of drug-likeness (QED) is 0.574. The second-order valence-corrected chi connectivity index (χ2v) is 7.40. The highest BCUT2D eigenvalue weighted by molar-refractivity contribution is 5.97. The molecule has 1 aromatic heterocycles. The third-order valence-electron chi connectivity index (χ3n) is 5.38. The Morgan fingerprint density at radius 2 is 2.10 bits per heavy atom. The van der Waals surface area contributed by atoms with E-state index in [1.54, 1.807) is 6.07 Å². The molecule has 1 aromatic carbocycles. The summed E-state index contributed by atoms with van der Waals surface area (Å²) in [6, 6.07) is 5.15. The molecule has 2 unspecified atom stereocenters. The molecule has 2 aromatic rings. The van der Waals surface area contributed by atoms with E-state index >= 15 is 0 Å². The second kappa shape index (κ2) is 9.11. The van der Waals surface area contributed by atoms with Gasteiger partial charge in [-0.3, -0.25) is 4.79 Å². The minimum absolute atomic E-state index is 0.0981. The van der Waals surface area contributed by atoms with Gasteiger partial charge in [-0.15, -0.1) is 0 Å². The van der Waals surface area contributed by atoms with Crippen molar-refractivity contribution in [3.05, 3.63) is 53.1 Å². The number of hydrogen-bond donors (Lipinski definition) is 2. The van der Waals surface area contributed by atoms with E-state index in [-0.39, 0.29) is 29.3 Å². The van der Waals surface area contributed by atoms with Crippen LogP contribution in [-0.2, 0) is 16.0 Å². The monoisotopic (exact) mass is 416 g/mol. The van der Waals surface area contributed by atoms with Gasteiger partial charge in [-0.05, 0) is 49.4 Å². The Hall–Kier alpha value is -3.16. The molecule has 0 aliphatic heterocycles. The summed E-state index contributed by atoms with van der Waals surface area (Å²) in [5.74, 6) is -1.98. The molecule has 2 N–H and O–H groups in total. The fourth-order valence-electron chi connectivity index (χ4n) is 3.68. The van der Waals surface area contributed by atoms with Gasteiger partial charge in [0.05, 0.1) is 7.11 Å². The molecule has 160 valence electrons. The number of carbonyl (C=O) groups is 2. The summed E-state index contributed by atoms with van der Waals surface area (Å²) in [7, 11) is 1.36. The number of carbonyl (C=O) groups excluding carboxylic acids is 2. The first kappa shape index (κ1) is 21.5. The maximum Gasteiger partial charge on any atom is 0.328 e. The third kappa shape index (κ3) is 4.53. The van der Waals surface area contributed by atoms with E-state index in [1.165, 1.54) is 38.4 Å². The topological polar surface area (TPSA) is 97.8 Å². The van der Waals surface area contributed by atoms with Crippen LogP contribution in [0.15, 0.2) is 30.5 Å². The lowest BCUT2D eigenvalue weighted by molar-refractivity contribution is -0.152. The highest BCUT2D eigenvalue weighted by atomic mass is 19.1. The molecule has 0 bridgehead atoms. The molecule has 1 aliphatic carbocycles. The number of aromatic hydroxyl groups is 1. The lowest BCUT2D eigenvalue weighted by Crippen LogP contribution is -2.41. The first-order valence-electron chi connectivity index (χ1n) is 9.83. The fourth-order valence-corrected chi connectivity index (χ4v) is 3.68. The van der Waals surface area contributed by atoms with Crippen LogP contribution in [0.25, 0.3) is 0 Å². The first-order chi connectivity index (χ1) is 14.3. The lowest BCUT2D eigenvalue weighted by atomic mass is 9.92. The average Bonchev–Trinajstić information content (AvgIpc) is 2.86. The van der Waals surface area contributed by atoms with Crippen molar-refractivity contribution >= 4 is 11.9 Å². The highest BCUT2D eigenvalue weighted by Crippen LogP contribution is 2.33. The van der Waals surface area contributed by atoms with Crippen molar-refractivity contribution in [2.45, 2.75) is 51.2 Å². The molecule has 1 aliphatic rings. The van der Waals surface area contributed by atoms with Crippen LogP contribution in [-0.4, -0.2) is 41.2 Å². The number of aryl methyl sites for hydroxylation is 1. The van der Waals surface area contributed by atoms with Gasteiger partial charge < -0.3 is 19.9 Å². The number of pyridine rings is 1. The number of benzene rings is 1. The van der Waals surface area contributed by atoms with Crippen LogP contribution in [0.4, 0.5) is 4.39 Å². The molecule has 0 radical (unpaired) electrons. The normalized spacial score (nSPS) is 19.2. The van der Waals surface area contributed by atoms with Crippen LogP contribution < -0.4 is 10.1 Å². The van der Waals surface area contributed by atoms with Crippen LogP contribution in [0.2, 0.25) is 0 Å². The Bertz CT molecular complexity index is 949. The second-order valence-electron chi connectivity index (χ2n) is 7.40. The average molecular weight is 416 g/mol. The third-order valence-corrected chi connectivity index (χ3v) is 5.38. The number of fused-ring (bicyclic) bond motifs is 1. The minimum Gasteiger partial charge on any atom is -0.503 e. The van der Waals surface area contributed by atoms with Gasteiger partial charge in [-0.25, -0.2) is 14.2 Å². The number of amides is 1. The van der Waals surface area contributed by atoms with Gasteiger partial charge >= 0.3 is 5.97 Å². The molecule has 30 heavy (non-hydrogen) atoms. The SMILES string of the molecule is COc1ccnc(C(=O)N[C@@H](C)C(=O)OC2CCCc3cc(F)ccc3C2C)c1O. The number of aromatic nitrogens is 1. The number of halogens is 1. The zero-order chi connectivity index (χ0) is 21.8. The molecule has 1 heterocycles. The predicted octanol–water partition coefficient (Wildman–Crippen LogP) is 3.11. The van der Waals surface area contributed by atoms with E-state index in [4.69, 9.17) is 9.47 Å². The smallest absolute Gasteiger partial charge is 0.328 e. The van der Waals surface area contributed by atoms with E-state index in [9.17, 15) is 19.1 Å². The maximum absolute atomic E-state index is 13.5. The number of rotatable bonds is 5. The first-order valence-corrected chi connectivity index (χ1v) is 9.83. The van der Waals surface area contributed by atoms with Crippen molar-refractivity contribution in [2.24, 2.45) is 0 Å². The number of esters is 1. The van der Waals surface area contributed by atoms with Gasteiger partial charge in [0, 0.05) is 18.2 Å². The summed E-state index contributed by atoms with van der Waals surface area (Å²) in [5.41, 5.74) is 1.66. The van der Waals surface area contributed by atoms with Crippen LogP contribution in [0.3, 0.4) is 0 Å². The van der Waals surface area contributed by atoms with Crippen LogP contribution in [0.5, 0.6) is 11.5 Å². The van der Waals surface area contributed by atoms with Gasteiger partial charge in [-0.2, -0.15) is 0 Å². The van der Waals surface area contributed by atoms with Crippen molar-refractivity contribution in [1.29, 1.82) is 0 Å². The number of nitrogens with one attached hydrogen (secondary N) is 1. The molecule has 3 rings (SSSR count). The zero-order valence-corrected chi connectivity index (χ0v) is 17.1. The molecule has 7 nitrogen and oxygen atoms in total. The summed E-state index contributed by atoms with van der Waals surface area (Å²) < 4.78 is 24.2. The van der Waals surface area contributed by atoms with Crippen LogP contribution in [0.1, 0.15) is 54.2 Å². The van der Waals surface area contributed by atoms with Crippen molar-refractivity contribution in [2.75, 3.05) is 7.11 Å². The standard InChI is InChI=1S/C22H25FN2O5/c1-12-16-8-7-15(23)11-14(16)5-4-6-17(12)30-22(28)13(2)25-21(27)19-20(26)18(29-3)9-10-24-19/h7-13,17,26H,4-6H2,1-3H3,(H,25,27)/t12?,13-,17?/m0/s1. The van der Waals surface area contributed by atoms with E-state index in [2.05, 4.69) is 10.3 Å². The Labute approximate surface area is 174 Å². The molecule has 1 amide bonds. The van der Waals surface area contributed by atoms with Gasteiger partial charge in [0.1, 0.15) is 18.0 Å². The molecular formula is C22H25FN2O5. The molecule has 0 fully saturated rings. The lowest BCUT2D eigenvalue weighted by Gasteiger charge is -2.25. The van der Waals surface area contributed by atoms with Gasteiger partial charge in [0.25, 0.3) is 5.91 Å². The van der Waals surface area contributed by atoms with E-state index < -0.39 is 23.7 Å². The Morgan fingerprint density at radius 3 is 2.83 bits per heavy atom. The van der Waals surface area contributed by atoms with Crippen LogP contribution >= 0.6 is 0 Å². The van der Waals surface area contributed by atoms with Crippen LogP contribution in [0, 0.1) is 5.82 Å². The fraction of sp³-hybridized carbons (Fsp3) is 0.409. The van der Waals surface area contributed by atoms with Crippen molar-refractivity contribution in [3.63, 3.8) is 0 Å². The summed E-state index contributed by atoms with van der Waals surface area (Å²) in [5, 5.41) is 12.6. The minimum atomic E-state index is -0.951. The van der Waals surface area contributed by atoms with E-state index in [0.717, 1.165) is 24.0 Å². The Kier molecular flexibility index (Phi) is 6.54. The molecule has 0 saturated carbocycles. The molecular weight excluding hydrogens is 391 g/mol. The largest absolute Gasteiger partial charge is 0.503 e. The Morgan fingerprint density at radius 1 is 1.33 bits per heavy atom. The predicted molar refractivity (Wildman–Crippen MR) is 107 cm³/mol. The van der Waals surface area contributed by atoms with Gasteiger partial charge in [0.2, 0.25) is 0 Å².